The van der Waals surface area contributed by atoms with Crippen LogP contribution in [-0.4, -0.2) is 79.5 Å². The molecule has 0 radical (unpaired) electrons. The van der Waals surface area contributed by atoms with E-state index in [4.69, 9.17) is 19.5 Å². The van der Waals surface area contributed by atoms with Crippen molar-refractivity contribution >= 4 is 37.0 Å². The summed E-state index contributed by atoms with van der Waals surface area (Å²) in [6.07, 6.45) is -4.40. The third-order valence-corrected chi connectivity index (χ3v) is 6.53. The molecule has 160 valence electrons. The Kier molecular flexibility index (Phi) is 4.53. The van der Waals surface area contributed by atoms with Crippen molar-refractivity contribution in [3.8, 4) is 0 Å². The van der Waals surface area contributed by atoms with Crippen LogP contribution in [0, 0.1) is 0 Å². The van der Waals surface area contributed by atoms with Gasteiger partial charge in [-0.15, -0.1) is 9.62 Å². The first-order chi connectivity index (χ1) is 14.2. The number of fused-ring (bicyclic) bond motifs is 2. The number of ether oxygens (including phenoxy) is 1. The number of tetrazole rings is 1. The van der Waals surface area contributed by atoms with E-state index in [1.165, 1.54) is 9.25 Å². The number of nitrogen functional groups attached to an aromatic ring is 1. The molecule has 3 aromatic rings. The molecule has 3 aromatic heterocycles. The zero-order valence-electron chi connectivity index (χ0n) is 15.1. The number of hydrogen-bond donors (Lipinski definition) is 5. The van der Waals surface area contributed by atoms with E-state index < -0.39 is 38.3 Å². The van der Waals surface area contributed by atoms with Gasteiger partial charge in [-0.25, -0.2) is 9.67 Å². The Morgan fingerprint density at radius 1 is 1.33 bits per heavy atom. The third kappa shape index (κ3) is 3.15. The van der Waals surface area contributed by atoms with Crippen LogP contribution in [0.15, 0.2) is 15.1 Å². The van der Waals surface area contributed by atoms with E-state index in [-0.39, 0.29) is 28.9 Å². The first-order valence-electron chi connectivity index (χ1n) is 8.42. The summed E-state index contributed by atoms with van der Waals surface area (Å²) < 4.78 is 18.6. The van der Waals surface area contributed by atoms with Crippen LogP contribution in [0.3, 0.4) is 0 Å². The summed E-state index contributed by atoms with van der Waals surface area (Å²) >= 11 is 1.000. The van der Waals surface area contributed by atoms with Crippen molar-refractivity contribution < 1.29 is 28.7 Å². The Hall–Kier alpha value is -2.24. The largest absolute Gasteiger partial charge is 0.570 e. The molecule has 0 spiro atoms. The van der Waals surface area contributed by atoms with Crippen molar-refractivity contribution in [2.45, 2.75) is 34.9 Å². The second kappa shape index (κ2) is 6.89. The molecular formula is C12H15N9O7PS+. The fourth-order valence-electron chi connectivity index (χ4n) is 3.23. The van der Waals surface area contributed by atoms with Gasteiger partial charge in [0.05, 0.1) is 0 Å². The molecule has 0 saturated carbocycles. The van der Waals surface area contributed by atoms with Gasteiger partial charge in [0.15, 0.2) is 28.7 Å². The predicted molar refractivity (Wildman–Crippen MR) is 97.6 cm³/mol. The lowest BCUT2D eigenvalue weighted by Gasteiger charge is -2.24. The van der Waals surface area contributed by atoms with E-state index in [1.807, 2.05) is 0 Å². The monoisotopic (exact) mass is 460 g/mol. The Morgan fingerprint density at radius 2 is 2.13 bits per heavy atom. The second-order valence-corrected chi connectivity index (χ2v) is 8.87. The van der Waals surface area contributed by atoms with E-state index in [1.54, 1.807) is 7.05 Å². The molecule has 2 aliphatic heterocycles. The van der Waals surface area contributed by atoms with Crippen LogP contribution in [-0.2, 0) is 20.8 Å². The Labute approximate surface area is 170 Å². The zero-order chi connectivity index (χ0) is 21.2. The van der Waals surface area contributed by atoms with Crippen LogP contribution in [0.1, 0.15) is 6.23 Å². The maximum Gasteiger partial charge on any atom is 0.570 e. The Balaban J connectivity index is 1.63. The highest BCUT2D eigenvalue weighted by Gasteiger charge is 2.60. The lowest BCUT2D eigenvalue weighted by Crippen LogP contribution is -2.40. The molecule has 2 saturated heterocycles. The molecule has 16 nitrogen and oxygen atoms in total. The van der Waals surface area contributed by atoms with Crippen molar-refractivity contribution in [3.05, 3.63) is 10.4 Å². The van der Waals surface area contributed by atoms with Crippen LogP contribution in [0.25, 0.3) is 11.2 Å². The predicted octanol–water partition coefficient (Wildman–Crippen LogP) is -2.29. The minimum absolute atomic E-state index is 0.0455. The third-order valence-electron chi connectivity index (χ3n) is 4.53. The number of aryl methyl sites for hydroxylation is 1. The lowest BCUT2D eigenvalue weighted by molar-refractivity contribution is -0.0763. The number of aromatic nitrogens is 8. The minimum atomic E-state index is -4.07. The maximum absolute atomic E-state index is 12.4. The number of nitrogens with one attached hydrogen (secondary N) is 1. The number of nitrogens with two attached hydrogens (primary N) is 1. The Bertz CT molecular complexity index is 1180. The highest BCUT2D eigenvalue weighted by Crippen LogP contribution is 2.59. The maximum atomic E-state index is 12.4. The quantitative estimate of drug-likeness (QED) is 0.260. The first kappa shape index (κ1) is 19.7. The molecule has 4 atom stereocenters. The van der Waals surface area contributed by atoms with E-state index in [2.05, 4.69) is 30.5 Å². The molecule has 5 rings (SSSR count). The summed E-state index contributed by atoms with van der Waals surface area (Å²) in [5, 5.41) is 22.5. The topological polar surface area (TPSA) is 222 Å². The summed E-state index contributed by atoms with van der Waals surface area (Å²) in [5.74, 6) is -0.161. The number of rotatable bonds is 3. The van der Waals surface area contributed by atoms with Crippen LogP contribution < -0.4 is 11.3 Å². The van der Waals surface area contributed by atoms with Crippen molar-refractivity contribution in [3.63, 3.8) is 0 Å². The van der Waals surface area contributed by atoms with Gasteiger partial charge in [0.25, 0.3) is 5.56 Å². The molecule has 0 bridgehead atoms. The zero-order valence-corrected chi connectivity index (χ0v) is 16.8. The fourth-order valence-corrected chi connectivity index (χ4v) is 5.04. The van der Waals surface area contributed by atoms with Crippen LogP contribution in [0.5, 0.6) is 0 Å². The molecule has 2 fully saturated rings. The number of imidazole rings is 1. The van der Waals surface area contributed by atoms with Gasteiger partial charge in [0.1, 0.15) is 18.8 Å². The van der Waals surface area contributed by atoms with Gasteiger partial charge in [-0.05, 0) is 22.2 Å². The van der Waals surface area contributed by atoms with Gasteiger partial charge in [-0.1, -0.05) is 0 Å². The fraction of sp³-hybridized carbons (Fsp3) is 0.500. The molecule has 30 heavy (non-hydrogen) atoms. The average molecular weight is 460 g/mol. The highest BCUT2D eigenvalue weighted by molar-refractivity contribution is 7.99. The molecule has 2 aliphatic rings. The number of H-pyrrole nitrogens is 1. The molecular weight excluding hydrogens is 445 g/mol. The summed E-state index contributed by atoms with van der Waals surface area (Å²) in [6, 6.07) is 0. The average Bonchev–Trinajstić information content (AvgIpc) is 3.32. The number of aromatic amines is 1. The molecule has 18 heteroatoms. The number of anilines is 1. The van der Waals surface area contributed by atoms with Gasteiger partial charge in [0, 0.05) is 7.05 Å². The second-order valence-electron chi connectivity index (χ2n) is 6.49. The van der Waals surface area contributed by atoms with Gasteiger partial charge < -0.3 is 15.6 Å². The van der Waals surface area contributed by atoms with Crippen molar-refractivity contribution in [1.82, 2.24) is 39.7 Å². The SMILES string of the molecule is Cn1nnnc1Sc1nc2c(=O)[nH]c(N)nc2n1[C@@H]1OC2CO[P+](O)(O)O[C@H]2C1O. The Morgan fingerprint density at radius 3 is 2.87 bits per heavy atom. The number of aliphatic hydroxyl groups is 1. The van der Waals surface area contributed by atoms with E-state index in [0.717, 1.165) is 11.8 Å². The number of aliphatic hydroxyl groups excluding tert-OH is 1. The number of nitrogens with zero attached hydrogens (tertiary/aromatic N) is 7. The molecule has 2 unspecified atom stereocenters. The molecule has 0 aliphatic carbocycles. The van der Waals surface area contributed by atoms with Gasteiger partial charge in [-0.2, -0.15) is 19.3 Å². The standard InChI is InChI=1S/C12H14N9O7PS/c1-20-12(17-18-19-20)30-11-14-4-7(15-10(13)16-8(4)23)21(11)9-5(22)6-3(27-9)2-26-29(24,25)28-6/h3,5-6,9,22,24-25H,2H2,1H3,(H2-,13,15,16,23)/p+1/t3?,5?,6-,9-/m1/s1. The smallest absolute Gasteiger partial charge is 0.385 e. The van der Waals surface area contributed by atoms with Crippen molar-refractivity contribution in [2.75, 3.05) is 12.3 Å². The minimum Gasteiger partial charge on any atom is -0.385 e. The molecule has 0 amide bonds. The van der Waals surface area contributed by atoms with Gasteiger partial charge in [-0.3, -0.25) is 14.3 Å². The van der Waals surface area contributed by atoms with Crippen molar-refractivity contribution in [1.29, 1.82) is 0 Å². The van der Waals surface area contributed by atoms with E-state index in [0.29, 0.717) is 5.16 Å². The lowest BCUT2D eigenvalue weighted by atomic mass is 10.1. The van der Waals surface area contributed by atoms with Crippen molar-refractivity contribution in [2.24, 2.45) is 7.05 Å². The van der Waals surface area contributed by atoms with Gasteiger partial charge in [0.2, 0.25) is 11.1 Å². The normalized spacial score (nSPS) is 28.1. The molecule has 6 N–H and O–H groups in total. The van der Waals surface area contributed by atoms with Crippen LogP contribution >= 0.6 is 19.9 Å². The van der Waals surface area contributed by atoms with E-state index in [9.17, 15) is 19.7 Å². The van der Waals surface area contributed by atoms with Gasteiger partial charge >= 0.3 is 8.17 Å². The molecule has 5 heterocycles. The highest BCUT2D eigenvalue weighted by atomic mass is 32.2. The summed E-state index contributed by atoms with van der Waals surface area (Å²) in [4.78, 5) is 42.5. The van der Waals surface area contributed by atoms with E-state index >= 15 is 0 Å². The van der Waals surface area contributed by atoms with Crippen LogP contribution in [0.4, 0.5) is 5.95 Å². The number of hydrogen-bond acceptors (Lipinski definition) is 14. The van der Waals surface area contributed by atoms with Crippen LogP contribution in [0.2, 0.25) is 0 Å². The summed E-state index contributed by atoms with van der Waals surface area (Å²) in [6.45, 7) is -0.211. The first-order valence-corrected chi connectivity index (χ1v) is 10.8. The molecule has 0 aromatic carbocycles. The summed E-state index contributed by atoms with van der Waals surface area (Å²) in [7, 11) is -2.45. The summed E-state index contributed by atoms with van der Waals surface area (Å²) in [5.41, 5.74) is 5.10.